The molecule has 0 aromatic heterocycles. The van der Waals surface area contributed by atoms with Crippen LogP contribution in [0.1, 0.15) is 40.0 Å². The van der Waals surface area contributed by atoms with E-state index in [2.05, 4.69) is 0 Å². The molecule has 0 amide bonds. The Kier molecular flexibility index (Phi) is 5.32. The van der Waals surface area contributed by atoms with E-state index in [4.69, 9.17) is 4.74 Å². The highest BCUT2D eigenvalue weighted by Crippen LogP contribution is 2.27. The molecule has 0 spiro atoms. The zero-order valence-electron chi connectivity index (χ0n) is 12.0. The van der Waals surface area contributed by atoms with Gasteiger partial charge >= 0.3 is 5.97 Å². The summed E-state index contributed by atoms with van der Waals surface area (Å²) in [6, 6.07) is 0. The van der Waals surface area contributed by atoms with E-state index in [0.29, 0.717) is 13.2 Å². The van der Waals surface area contributed by atoms with Crippen LogP contribution in [0.4, 0.5) is 0 Å². The molecule has 0 atom stereocenters. The fourth-order valence-electron chi connectivity index (χ4n) is 2.05. The van der Waals surface area contributed by atoms with Gasteiger partial charge in [-0.3, -0.25) is 14.5 Å². The lowest BCUT2D eigenvalue weighted by atomic mass is 9.84. The fraction of sp³-hybridized carbons (Fsp3) is 0.857. The number of carbonyl (C=O) groups excluding carboxylic acids is 2. The number of nitrogens with zero attached hydrogens (tertiary/aromatic N) is 1. The van der Waals surface area contributed by atoms with Gasteiger partial charge in [-0.15, -0.1) is 0 Å². The summed E-state index contributed by atoms with van der Waals surface area (Å²) in [5.41, 5.74) is -1.04. The number of rotatable bonds is 7. The molecule has 0 radical (unpaired) electrons. The number of ether oxygens (including phenoxy) is 1. The quantitative estimate of drug-likeness (QED) is 0.515. The highest BCUT2D eigenvalue weighted by atomic mass is 16.5. The van der Waals surface area contributed by atoms with Crippen molar-refractivity contribution in [1.82, 2.24) is 4.90 Å². The van der Waals surface area contributed by atoms with E-state index in [1.54, 1.807) is 20.8 Å². The third kappa shape index (κ3) is 3.80. The van der Waals surface area contributed by atoms with E-state index in [1.165, 1.54) is 19.3 Å². The minimum atomic E-state index is -1.04. The van der Waals surface area contributed by atoms with Crippen LogP contribution >= 0.6 is 0 Å². The molecule has 0 unspecified atom stereocenters. The number of carbonyl (C=O) groups is 2. The minimum Gasteiger partial charge on any atom is -0.465 e. The maximum atomic E-state index is 12.1. The largest absolute Gasteiger partial charge is 0.465 e. The number of likely N-dealkylation sites (N-methyl/N-ethyl adjacent to an activating group) is 1. The van der Waals surface area contributed by atoms with Crippen molar-refractivity contribution in [2.45, 2.75) is 40.0 Å². The molecule has 104 valence electrons. The van der Waals surface area contributed by atoms with Gasteiger partial charge in [-0.25, -0.2) is 0 Å². The van der Waals surface area contributed by atoms with Crippen molar-refractivity contribution in [1.29, 1.82) is 0 Å². The summed E-state index contributed by atoms with van der Waals surface area (Å²) in [6.07, 6.45) is 3.83. The maximum Gasteiger partial charge on any atom is 0.319 e. The van der Waals surface area contributed by atoms with Crippen LogP contribution in [0.5, 0.6) is 0 Å². The second kappa shape index (κ2) is 6.32. The molecule has 0 N–H and O–H groups in total. The molecular weight excluding hydrogens is 230 g/mol. The molecule has 0 heterocycles. The van der Waals surface area contributed by atoms with Crippen LogP contribution in [-0.2, 0) is 14.3 Å². The van der Waals surface area contributed by atoms with E-state index in [1.807, 2.05) is 11.9 Å². The average Bonchev–Trinajstić information content (AvgIpc) is 2.23. The van der Waals surface area contributed by atoms with Gasteiger partial charge in [0.2, 0.25) is 0 Å². The number of esters is 1. The lowest BCUT2D eigenvalue weighted by molar-refractivity contribution is -0.158. The van der Waals surface area contributed by atoms with Crippen LogP contribution in [0.25, 0.3) is 0 Å². The van der Waals surface area contributed by atoms with Gasteiger partial charge < -0.3 is 4.74 Å². The molecule has 4 nitrogen and oxygen atoms in total. The van der Waals surface area contributed by atoms with Gasteiger partial charge in [0.1, 0.15) is 5.41 Å². The molecule has 1 aliphatic carbocycles. The Morgan fingerprint density at radius 1 is 1.33 bits per heavy atom. The first kappa shape index (κ1) is 15.2. The summed E-state index contributed by atoms with van der Waals surface area (Å²) in [4.78, 5) is 25.9. The molecule has 0 aromatic carbocycles. The predicted molar refractivity (Wildman–Crippen MR) is 70.3 cm³/mol. The van der Waals surface area contributed by atoms with Crippen molar-refractivity contribution in [3.05, 3.63) is 0 Å². The van der Waals surface area contributed by atoms with Crippen LogP contribution < -0.4 is 0 Å². The average molecular weight is 255 g/mol. The van der Waals surface area contributed by atoms with Gasteiger partial charge in [-0.1, -0.05) is 6.42 Å². The summed E-state index contributed by atoms with van der Waals surface area (Å²) in [5.74, 6) is 0.239. The van der Waals surface area contributed by atoms with Gasteiger partial charge in [0, 0.05) is 6.54 Å². The highest BCUT2D eigenvalue weighted by molar-refractivity contribution is 6.03. The first-order valence-electron chi connectivity index (χ1n) is 6.77. The van der Waals surface area contributed by atoms with Gasteiger partial charge in [-0.2, -0.15) is 0 Å². The predicted octanol–water partition coefficient (Wildman–Crippen LogP) is 1.88. The van der Waals surface area contributed by atoms with Gasteiger partial charge in [0.25, 0.3) is 0 Å². The summed E-state index contributed by atoms with van der Waals surface area (Å²) in [5, 5.41) is 0. The zero-order chi connectivity index (χ0) is 13.8. The SMILES string of the molecule is CCOC(=O)C(C)(C)C(=O)CN(C)CC1CCC1. The smallest absolute Gasteiger partial charge is 0.319 e. The topological polar surface area (TPSA) is 46.6 Å². The standard InChI is InChI=1S/C14H25NO3/c1-5-18-13(17)14(2,3)12(16)10-15(4)9-11-7-6-8-11/h11H,5-10H2,1-4H3. The Hall–Kier alpha value is -0.900. The molecule has 0 saturated heterocycles. The molecule has 1 rings (SSSR count). The number of ketones is 1. The summed E-state index contributed by atoms with van der Waals surface area (Å²) < 4.78 is 4.94. The van der Waals surface area contributed by atoms with Crippen molar-refractivity contribution in [3.8, 4) is 0 Å². The van der Waals surface area contributed by atoms with Crippen LogP contribution in [0.3, 0.4) is 0 Å². The molecule has 4 heteroatoms. The molecule has 18 heavy (non-hydrogen) atoms. The van der Waals surface area contributed by atoms with Crippen LogP contribution in [-0.4, -0.2) is 43.4 Å². The second-order valence-electron chi connectivity index (χ2n) is 5.76. The van der Waals surface area contributed by atoms with Crippen molar-refractivity contribution in [2.75, 3.05) is 26.7 Å². The molecule has 1 aliphatic rings. The second-order valence-corrected chi connectivity index (χ2v) is 5.76. The molecular formula is C14H25NO3. The van der Waals surface area contributed by atoms with E-state index in [-0.39, 0.29) is 5.78 Å². The van der Waals surface area contributed by atoms with Crippen molar-refractivity contribution >= 4 is 11.8 Å². The number of hydrogen-bond donors (Lipinski definition) is 0. The monoisotopic (exact) mass is 255 g/mol. The van der Waals surface area contributed by atoms with Crippen molar-refractivity contribution < 1.29 is 14.3 Å². The summed E-state index contributed by atoms with van der Waals surface area (Å²) >= 11 is 0. The maximum absolute atomic E-state index is 12.1. The zero-order valence-corrected chi connectivity index (χ0v) is 12.0. The molecule has 0 aromatic rings. The Bertz CT molecular complexity index is 308. The lowest BCUT2D eigenvalue weighted by Gasteiger charge is -2.31. The van der Waals surface area contributed by atoms with Crippen LogP contribution in [0, 0.1) is 11.3 Å². The molecule has 1 fully saturated rings. The van der Waals surface area contributed by atoms with Gasteiger partial charge in [-0.05, 0) is 46.6 Å². The number of Topliss-reactive ketones (excluding diaryl/α,β-unsaturated/α-hetero) is 1. The highest BCUT2D eigenvalue weighted by Gasteiger charge is 2.37. The lowest BCUT2D eigenvalue weighted by Crippen LogP contribution is -2.42. The first-order valence-corrected chi connectivity index (χ1v) is 6.77. The Morgan fingerprint density at radius 3 is 2.39 bits per heavy atom. The van der Waals surface area contributed by atoms with Gasteiger partial charge in [0.05, 0.1) is 13.2 Å². The summed E-state index contributed by atoms with van der Waals surface area (Å²) in [6.45, 7) is 6.62. The van der Waals surface area contributed by atoms with Crippen LogP contribution in [0.2, 0.25) is 0 Å². The molecule has 1 saturated carbocycles. The number of hydrogen-bond acceptors (Lipinski definition) is 4. The fourth-order valence-corrected chi connectivity index (χ4v) is 2.05. The van der Waals surface area contributed by atoms with E-state index < -0.39 is 11.4 Å². The normalized spacial score (nSPS) is 16.5. The first-order chi connectivity index (χ1) is 8.37. The minimum absolute atomic E-state index is 0.0669. The summed E-state index contributed by atoms with van der Waals surface area (Å²) in [7, 11) is 1.94. The third-order valence-corrected chi connectivity index (χ3v) is 3.69. The Morgan fingerprint density at radius 2 is 1.94 bits per heavy atom. The van der Waals surface area contributed by atoms with E-state index in [0.717, 1.165) is 12.5 Å². The van der Waals surface area contributed by atoms with Gasteiger partial charge in [0.15, 0.2) is 5.78 Å². The van der Waals surface area contributed by atoms with Crippen LogP contribution in [0.15, 0.2) is 0 Å². The molecule has 0 bridgehead atoms. The third-order valence-electron chi connectivity index (χ3n) is 3.69. The molecule has 0 aliphatic heterocycles. The van der Waals surface area contributed by atoms with E-state index >= 15 is 0 Å². The Labute approximate surface area is 110 Å². The van der Waals surface area contributed by atoms with Crippen molar-refractivity contribution in [2.24, 2.45) is 11.3 Å². The Balaban J connectivity index is 2.44. The van der Waals surface area contributed by atoms with E-state index in [9.17, 15) is 9.59 Å². The van der Waals surface area contributed by atoms with Crippen molar-refractivity contribution in [3.63, 3.8) is 0 Å².